The predicted octanol–water partition coefficient (Wildman–Crippen LogP) is 0.722. The highest BCUT2D eigenvalue weighted by atomic mass is 16.2. The van der Waals surface area contributed by atoms with E-state index >= 15 is 0 Å². The molecule has 0 aliphatic carbocycles. The van der Waals surface area contributed by atoms with E-state index in [1.54, 1.807) is 32.8 Å². The first-order valence-electron chi connectivity index (χ1n) is 4.96. The average Bonchev–Trinajstić information content (AvgIpc) is 2.23. The van der Waals surface area contributed by atoms with Crippen molar-refractivity contribution in [2.75, 3.05) is 20.6 Å². The third-order valence-corrected chi connectivity index (χ3v) is 2.48. The quantitative estimate of drug-likeness (QED) is 0.671. The van der Waals surface area contributed by atoms with Gasteiger partial charge in [-0.3, -0.25) is 9.59 Å². The molecule has 4 heteroatoms. The van der Waals surface area contributed by atoms with E-state index in [1.165, 1.54) is 4.90 Å². The fourth-order valence-electron chi connectivity index (χ4n) is 1.11. The lowest BCUT2D eigenvalue weighted by atomic mass is 10.2. The molecular weight excluding hydrogens is 180 g/mol. The van der Waals surface area contributed by atoms with E-state index in [1.807, 2.05) is 6.92 Å². The first-order valence-corrected chi connectivity index (χ1v) is 4.96. The highest BCUT2D eigenvalue weighted by Gasteiger charge is 2.23. The van der Waals surface area contributed by atoms with Crippen LogP contribution in [0.1, 0.15) is 27.2 Å². The molecule has 0 saturated carbocycles. The predicted molar refractivity (Wildman–Crippen MR) is 55.8 cm³/mol. The van der Waals surface area contributed by atoms with Crippen LogP contribution in [0.3, 0.4) is 0 Å². The minimum Gasteiger partial charge on any atom is -0.344 e. The number of carbonyl (C=O) groups excluding carboxylic acids is 2. The van der Waals surface area contributed by atoms with Crippen LogP contribution in [0.2, 0.25) is 0 Å². The van der Waals surface area contributed by atoms with Crippen molar-refractivity contribution in [3.05, 3.63) is 0 Å². The average molecular weight is 200 g/mol. The van der Waals surface area contributed by atoms with Gasteiger partial charge in [0.1, 0.15) is 6.04 Å². The molecule has 0 rings (SSSR count). The van der Waals surface area contributed by atoms with E-state index in [2.05, 4.69) is 0 Å². The van der Waals surface area contributed by atoms with Crippen LogP contribution < -0.4 is 0 Å². The number of nitrogens with zero attached hydrogens (tertiary/aromatic N) is 2. The summed E-state index contributed by atoms with van der Waals surface area (Å²) in [5, 5.41) is 0. The van der Waals surface area contributed by atoms with Crippen LogP contribution >= 0.6 is 0 Å². The Labute approximate surface area is 85.9 Å². The van der Waals surface area contributed by atoms with Crippen LogP contribution in [-0.4, -0.2) is 48.3 Å². The van der Waals surface area contributed by atoms with Gasteiger partial charge in [0.05, 0.1) is 0 Å². The largest absolute Gasteiger partial charge is 0.344 e. The molecule has 0 saturated heterocycles. The van der Waals surface area contributed by atoms with E-state index in [4.69, 9.17) is 0 Å². The van der Waals surface area contributed by atoms with Crippen molar-refractivity contribution >= 4 is 11.8 Å². The summed E-state index contributed by atoms with van der Waals surface area (Å²) in [6, 6.07) is -0.368. The maximum Gasteiger partial charge on any atom is 0.244 e. The van der Waals surface area contributed by atoms with Crippen LogP contribution in [0.15, 0.2) is 0 Å². The van der Waals surface area contributed by atoms with Crippen LogP contribution in [0.25, 0.3) is 0 Å². The van der Waals surface area contributed by atoms with Gasteiger partial charge in [-0.25, -0.2) is 0 Å². The fraction of sp³-hybridized carbons (Fsp3) is 0.800. The monoisotopic (exact) mass is 200 g/mol. The second kappa shape index (κ2) is 5.62. The molecule has 14 heavy (non-hydrogen) atoms. The van der Waals surface area contributed by atoms with Crippen LogP contribution in [0.5, 0.6) is 0 Å². The van der Waals surface area contributed by atoms with Gasteiger partial charge in [0.25, 0.3) is 0 Å². The van der Waals surface area contributed by atoms with Crippen molar-refractivity contribution in [2.24, 2.45) is 0 Å². The molecular formula is C10H20N2O2. The van der Waals surface area contributed by atoms with Crippen molar-refractivity contribution in [1.29, 1.82) is 0 Å². The summed E-state index contributed by atoms with van der Waals surface area (Å²) in [5.74, 6) is -0.0212. The zero-order valence-electron chi connectivity index (χ0n) is 9.70. The Morgan fingerprint density at radius 1 is 1.21 bits per heavy atom. The molecule has 0 heterocycles. The second-order valence-corrected chi connectivity index (χ2v) is 3.39. The fourth-order valence-corrected chi connectivity index (χ4v) is 1.11. The molecule has 0 aromatic heterocycles. The Morgan fingerprint density at radius 2 is 1.71 bits per heavy atom. The minimum atomic E-state index is -0.368. The van der Waals surface area contributed by atoms with Gasteiger partial charge in [-0.15, -0.1) is 0 Å². The summed E-state index contributed by atoms with van der Waals surface area (Å²) >= 11 is 0. The Morgan fingerprint density at radius 3 is 2.07 bits per heavy atom. The molecule has 1 unspecified atom stereocenters. The lowest BCUT2D eigenvalue weighted by molar-refractivity contribution is -0.142. The zero-order valence-corrected chi connectivity index (χ0v) is 9.70. The molecule has 0 aromatic rings. The van der Waals surface area contributed by atoms with Crippen molar-refractivity contribution < 1.29 is 9.59 Å². The van der Waals surface area contributed by atoms with Crippen molar-refractivity contribution in [1.82, 2.24) is 9.80 Å². The summed E-state index contributed by atoms with van der Waals surface area (Å²) in [4.78, 5) is 26.1. The van der Waals surface area contributed by atoms with E-state index < -0.39 is 0 Å². The smallest absolute Gasteiger partial charge is 0.244 e. The Kier molecular flexibility index (Phi) is 5.20. The standard InChI is InChI=1S/C10H20N2O2/c1-6-9(13)12(5)8(3)10(14)11(4)7-2/h8H,6-7H2,1-5H3. The molecule has 0 spiro atoms. The molecule has 0 radical (unpaired) electrons. The normalized spacial score (nSPS) is 12.1. The number of hydrogen-bond acceptors (Lipinski definition) is 2. The highest BCUT2D eigenvalue weighted by molar-refractivity contribution is 5.86. The number of carbonyl (C=O) groups is 2. The summed E-state index contributed by atoms with van der Waals surface area (Å²) in [6.45, 7) is 6.12. The van der Waals surface area contributed by atoms with Crippen LogP contribution in [0, 0.1) is 0 Å². The Balaban J connectivity index is 4.38. The highest BCUT2D eigenvalue weighted by Crippen LogP contribution is 2.02. The van der Waals surface area contributed by atoms with Gasteiger partial charge in [-0.1, -0.05) is 6.92 Å². The van der Waals surface area contributed by atoms with Gasteiger partial charge in [-0.05, 0) is 13.8 Å². The van der Waals surface area contributed by atoms with Crippen molar-refractivity contribution in [3.63, 3.8) is 0 Å². The number of likely N-dealkylation sites (N-methyl/N-ethyl adjacent to an activating group) is 2. The summed E-state index contributed by atoms with van der Waals surface area (Å²) in [5.41, 5.74) is 0. The minimum absolute atomic E-state index is 0.00430. The molecule has 82 valence electrons. The lowest BCUT2D eigenvalue weighted by Crippen LogP contribution is -2.46. The maximum atomic E-state index is 11.7. The van der Waals surface area contributed by atoms with Gasteiger partial charge in [0, 0.05) is 27.1 Å². The third kappa shape index (κ3) is 3.01. The van der Waals surface area contributed by atoms with Gasteiger partial charge in [0.15, 0.2) is 0 Å². The second-order valence-electron chi connectivity index (χ2n) is 3.39. The maximum absolute atomic E-state index is 11.7. The van der Waals surface area contributed by atoms with E-state index in [0.717, 1.165) is 0 Å². The zero-order chi connectivity index (χ0) is 11.3. The summed E-state index contributed by atoms with van der Waals surface area (Å²) < 4.78 is 0. The number of rotatable bonds is 4. The molecule has 0 bridgehead atoms. The van der Waals surface area contributed by atoms with E-state index in [-0.39, 0.29) is 17.9 Å². The van der Waals surface area contributed by atoms with E-state index in [0.29, 0.717) is 13.0 Å². The van der Waals surface area contributed by atoms with Crippen molar-refractivity contribution in [2.45, 2.75) is 33.2 Å². The molecule has 2 amide bonds. The molecule has 0 aliphatic heterocycles. The van der Waals surface area contributed by atoms with Crippen molar-refractivity contribution in [3.8, 4) is 0 Å². The van der Waals surface area contributed by atoms with E-state index in [9.17, 15) is 9.59 Å². The van der Waals surface area contributed by atoms with Crippen LogP contribution in [-0.2, 0) is 9.59 Å². The summed E-state index contributed by atoms with van der Waals surface area (Å²) in [7, 11) is 3.40. The molecule has 0 N–H and O–H groups in total. The molecule has 0 fully saturated rings. The van der Waals surface area contributed by atoms with Crippen LogP contribution in [0.4, 0.5) is 0 Å². The van der Waals surface area contributed by atoms with Gasteiger partial charge < -0.3 is 9.80 Å². The molecule has 1 atom stereocenters. The molecule has 4 nitrogen and oxygen atoms in total. The molecule has 0 aromatic carbocycles. The summed E-state index contributed by atoms with van der Waals surface area (Å²) in [6.07, 6.45) is 0.434. The van der Waals surface area contributed by atoms with Gasteiger partial charge in [0.2, 0.25) is 11.8 Å². The first-order chi connectivity index (χ1) is 6.45. The third-order valence-electron chi connectivity index (χ3n) is 2.48. The lowest BCUT2D eigenvalue weighted by Gasteiger charge is -2.27. The Bertz CT molecular complexity index is 216. The SMILES string of the molecule is CCC(=O)N(C)C(C)C(=O)N(C)CC. The number of hydrogen-bond donors (Lipinski definition) is 0. The first kappa shape index (κ1) is 12.9. The van der Waals surface area contributed by atoms with Gasteiger partial charge >= 0.3 is 0 Å². The Hall–Kier alpha value is -1.06. The van der Waals surface area contributed by atoms with Gasteiger partial charge in [-0.2, -0.15) is 0 Å². The topological polar surface area (TPSA) is 40.6 Å². The number of amides is 2. The molecule has 0 aliphatic rings.